The van der Waals surface area contributed by atoms with Crippen molar-refractivity contribution in [1.82, 2.24) is 4.90 Å². The van der Waals surface area contributed by atoms with Crippen LogP contribution in [0.5, 0.6) is 0 Å². The first kappa shape index (κ1) is 20.7. The minimum atomic E-state index is -0.504. The minimum absolute atomic E-state index is 0.0995. The molecule has 6 heteroatoms. The molecule has 0 saturated carbocycles. The summed E-state index contributed by atoms with van der Waals surface area (Å²) in [7, 11) is 0. The number of nitrogens with zero attached hydrogens (tertiary/aromatic N) is 1. The number of rotatable bonds is 6. The van der Waals surface area contributed by atoms with Crippen LogP contribution in [0.2, 0.25) is 0 Å². The smallest absolute Gasteiger partial charge is 0.336 e. The van der Waals surface area contributed by atoms with Gasteiger partial charge in [0.1, 0.15) is 6.54 Å². The van der Waals surface area contributed by atoms with Gasteiger partial charge in [0.15, 0.2) is 0 Å². The topological polar surface area (TPSA) is 72.9 Å². The third kappa shape index (κ3) is 4.96. The fraction of sp³-hybridized carbons (Fsp3) is 0.476. The average Bonchev–Trinajstić information content (AvgIpc) is 2.58. The molecule has 1 aliphatic heterocycles. The molecule has 146 valence electrons. The summed E-state index contributed by atoms with van der Waals surface area (Å²) in [5.74, 6) is -1.58. The lowest BCUT2D eigenvalue weighted by Crippen LogP contribution is -2.41. The zero-order valence-corrected chi connectivity index (χ0v) is 16.6. The normalized spacial score (nSPS) is 17.3. The molecule has 0 radical (unpaired) electrons. The van der Waals surface area contributed by atoms with Gasteiger partial charge in [0.25, 0.3) is 0 Å². The Morgan fingerprint density at radius 2 is 1.81 bits per heavy atom. The molecule has 1 atom stereocenters. The number of hydrogen-bond donors (Lipinski definition) is 0. The number of carbonyl (C=O) groups is 3. The number of hydrogen-bond acceptors (Lipinski definition) is 5. The fourth-order valence-electron chi connectivity index (χ4n) is 3.16. The summed E-state index contributed by atoms with van der Waals surface area (Å²) in [5, 5.41) is 0. The van der Waals surface area contributed by atoms with E-state index in [4.69, 9.17) is 9.47 Å². The predicted molar refractivity (Wildman–Crippen MR) is 101 cm³/mol. The molecule has 0 saturated heterocycles. The quantitative estimate of drug-likeness (QED) is 0.717. The molecule has 27 heavy (non-hydrogen) atoms. The van der Waals surface area contributed by atoms with Crippen molar-refractivity contribution in [3.8, 4) is 0 Å². The molecule has 1 aromatic carbocycles. The number of esters is 2. The van der Waals surface area contributed by atoms with Crippen molar-refractivity contribution >= 4 is 17.8 Å². The highest BCUT2D eigenvalue weighted by atomic mass is 16.5. The van der Waals surface area contributed by atoms with Gasteiger partial charge in [-0.05, 0) is 40.2 Å². The molecule has 0 fully saturated rings. The van der Waals surface area contributed by atoms with E-state index in [0.29, 0.717) is 11.3 Å². The maximum atomic E-state index is 12.8. The van der Waals surface area contributed by atoms with E-state index in [-0.39, 0.29) is 31.6 Å². The van der Waals surface area contributed by atoms with Crippen LogP contribution in [0.15, 0.2) is 35.5 Å². The first-order valence-electron chi connectivity index (χ1n) is 9.18. The Morgan fingerprint density at radius 3 is 2.37 bits per heavy atom. The molecular formula is C21H27NO5. The molecule has 1 unspecified atom stereocenters. The maximum Gasteiger partial charge on any atom is 0.336 e. The molecule has 1 aliphatic rings. The van der Waals surface area contributed by atoms with E-state index in [2.05, 4.69) is 0 Å². The van der Waals surface area contributed by atoms with Gasteiger partial charge in [-0.2, -0.15) is 0 Å². The molecule has 1 amide bonds. The summed E-state index contributed by atoms with van der Waals surface area (Å²) in [6.45, 7) is 8.94. The van der Waals surface area contributed by atoms with Gasteiger partial charge in [0.05, 0.1) is 18.3 Å². The van der Waals surface area contributed by atoms with Crippen molar-refractivity contribution < 1.29 is 23.9 Å². The van der Waals surface area contributed by atoms with E-state index in [0.717, 1.165) is 11.1 Å². The summed E-state index contributed by atoms with van der Waals surface area (Å²) in [4.78, 5) is 38.7. The largest absolute Gasteiger partial charge is 0.465 e. The molecule has 1 aromatic rings. The molecule has 6 nitrogen and oxygen atoms in total. The number of amides is 1. The van der Waals surface area contributed by atoms with Gasteiger partial charge in [-0.3, -0.25) is 9.59 Å². The third-order valence-corrected chi connectivity index (χ3v) is 4.46. The van der Waals surface area contributed by atoms with Crippen molar-refractivity contribution in [3.63, 3.8) is 0 Å². The van der Waals surface area contributed by atoms with Crippen LogP contribution in [0.1, 0.15) is 51.2 Å². The van der Waals surface area contributed by atoms with Crippen molar-refractivity contribution in [2.75, 3.05) is 13.2 Å². The summed E-state index contributed by atoms with van der Waals surface area (Å²) < 4.78 is 10.4. The number of allylic oxidation sites excluding steroid dienone is 1. The van der Waals surface area contributed by atoms with Crippen LogP contribution in [-0.2, 0) is 23.9 Å². The SMILES string of the molecule is CCOC(=O)CN1C(=O)CC(c2ccc(C)cc2)C(C(=O)OC(C)C)=C1C. The molecule has 0 bridgehead atoms. The van der Waals surface area contributed by atoms with Crippen LogP contribution in [0.3, 0.4) is 0 Å². The minimum Gasteiger partial charge on any atom is -0.465 e. The van der Waals surface area contributed by atoms with E-state index in [1.54, 1.807) is 27.7 Å². The third-order valence-electron chi connectivity index (χ3n) is 4.46. The van der Waals surface area contributed by atoms with E-state index < -0.39 is 17.9 Å². The fourth-order valence-corrected chi connectivity index (χ4v) is 3.16. The Morgan fingerprint density at radius 1 is 1.19 bits per heavy atom. The molecule has 0 N–H and O–H groups in total. The molecule has 0 aromatic heterocycles. The Labute approximate surface area is 160 Å². The van der Waals surface area contributed by atoms with E-state index in [9.17, 15) is 14.4 Å². The van der Waals surface area contributed by atoms with E-state index in [1.807, 2.05) is 31.2 Å². The lowest BCUT2D eigenvalue weighted by Gasteiger charge is -2.34. The lowest BCUT2D eigenvalue weighted by molar-refractivity contribution is -0.149. The van der Waals surface area contributed by atoms with Gasteiger partial charge in [-0.25, -0.2) is 4.79 Å². The van der Waals surface area contributed by atoms with Crippen molar-refractivity contribution in [1.29, 1.82) is 0 Å². The van der Waals surface area contributed by atoms with Crippen molar-refractivity contribution in [2.24, 2.45) is 0 Å². The first-order valence-corrected chi connectivity index (χ1v) is 9.18. The van der Waals surface area contributed by atoms with Gasteiger partial charge in [-0.15, -0.1) is 0 Å². The standard InChI is InChI=1S/C21H27NO5/c1-6-26-19(24)12-22-15(5)20(21(25)27-13(2)3)17(11-18(22)23)16-9-7-14(4)8-10-16/h7-10,13,17H,6,11-12H2,1-5H3. The molecule has 1 heterocycles. The number of carbonyl (C=O) groups excluding carboxylic acids is 3. The summed E-state index contributed by atoms with van der Waals surface area (Å²) in [6, 6.07) is 7.74. The Bertz CT molecular complexity index is 748. The number of aryl methyl sites for hydroxylation is 1. The second-order valence-electron chi connectivity index (χ2n) is 6.91. The lowest BCUT2D eigenvalue weighted by atomic mass is 9.83. The molecule has 0 spiro atoms. The van der Waals surface area contributed by atoms with Crippen LogP contribution in [0.25, 0.3) is 0 Å². The Kier molecular flexibility index (Phi) is 6.77. The molecule has 2 rings (SSSR count). The monoisotopic (exact) mass is 373 g/mol. The Balaban J connectivity index is 2.46. The summed E-state index contributed by atoms with van der Waals surface area (Å²) in [5.41, 5.74) is 2.82. The van der Waals surface area contributed by atoms with Gasteiger partial charge in [0.2, 0.25) is 5.91 Å². The van der Waals surface area contributed by atoms with Crippen molar-refractivity contribution in [3.05, 3.63) is 46.7 Å². The highest BCUT2D eigenvalue weighted by Crippen LogP contribution is 2.37. The summed E-state index contributed by atoms with van der Waals surface area (Å²) in [6.07, 6.45) is -0.185. The van der Waals surface area contributed by atoms with E-state index in [1.165, 1.54) is 4.90 Å². The zero-order valence-electron chi connectivity index (χ0n) is 16.6. The molecule has 0 aliphatic carbocycles. The maximum absolute atomic E-state index is 12.8. The second-order valence-corrected chi connectivity index (χ2v) is 6.91. The van der Waals surface area contributed by atoms with Crippen LogP contribution < -0.4 is 0 Å². The number of benzene rings is 1. The van der Waals surface area contributed by atoms with Crippen LogP contribution in [0.4, 0.5) is 0 Å². The Hall–Kier alpha value is -2.63. The second kappa shape index (κ2) is 8.84. The van der Waals surface area contributed by atoms with Gasteiger partial charge >= 0.3 is 11.9 Å². The van der Waals surface area contributed by atoms with Crippen LogP contribution >= 0.6 is 0 Å². The zero-order chi connectivity index (χ0) is 20.1. The van der Waals surface area contributed by atoms with Crippen LogP contribution in [-0.4, -0.2) is 42.0 Å². The van der Waals surface area contributed by atoms with Gasteiger partial charge in [0, 0.05) is 18.0 Å². The number of ether oxygens (including phenoxy) is 2. The van der Waals surface area contributed by atoms with Crippen molar-refractivity contribution in [2.45, 2.75) is 53.1 Å². The highest BCUT2D eigenvalue weighted by molar-refractivity contribution is 5.96. The summed E-state index contributed by atoms with van der Waals surface area (Å²) >= 11 is 0. The van der Waals surface area contributed by atoms with Gasteiger partial charge in [-0.1, -0.05) is 29.8 Å². The average molecular weight is 373 g/mol. The van der Waals surface area contributed by atoms with Crippen LogP contribution in [0, 0.1) is 6.92 Å². The van der Waals surface area contributed by atoms with Gasteiger partial charge < -0.3 is 14.4 Å². The predicted octanol–water partition coefficient (Wildman–Crippen LogP) is 3.10. The van der Waals surface area contributed by atoms with E-state index >= 15 is 0 Å². The first-order chi connectivity index (χ1) is 12.7. The highest BCUT2D eigenvalue weighted by Gasteiger charge is 2.38. The molecular weight excluding hydrogens is 346 g/mol.